The number of rotatable bonds is 9. The Labute approximate surface area is 145 Å². The fourth-order valence-electron chi connectivity index (χ4n) is 1.43. The normalized spacial score (nSPS) is 14.7. The molecule has 2 nitrogen and oxygen atoms in total. The van der Waals surface area contributed by atoms with Crippen molar-refractivity contribution in [1.29, 1.82) is 0 Å². The Bertz CT molecular complexity index is 232. The Morgan fingerprint density at radius 3 is 2.53 bits per heavy atom. The van der Waals surface area contributed by atoms with Crippen LogP contribution in [0, 0.1) is 0 Å². The summed E-state index contributed by atoms with van der Waals surface area (Å²) in [5.74, 6) is 0. The van der Waals surface area contributed by atoms with Crippen LogP contribution < -0.4 is 25.0 Å². The van der Waals surface area contributed by atoms with E-state index in [1.54, 1.807) is 11.3 Å². The minimum absolute atomic E-state index is 0.0740. The molecule has 0 aliphatic rings. The third-order valence-corrected chi connectivity index (χ3v) is 6.46. The van der Waals surface area contributed by atoms with E-state index in [1.807, 2.05) is 0 Å². The van der Waals surface area contributed by atoms with Gasteiger partial charge in [0.15, 0.2) is 0 Å². The van der Waals surface area contributed by atoms with Crippen LogP contribution in [-0.4, -0.2) is 24.6 Å². The van der Waals surface area contributed by atoms with Gasteiger partial charge in [0.05, 0.1) is 0 Å². The Hall–Kier alpha value is 1.69. The molecule has 0 aromatic rings. The van der Waals surface area contributed by atoms with Gasteiger partial charge in [-0.05, 0) is 0 Å². The third-order valence-electron chi connectivity index (χ3n) is 2.47. The summed E-state index contributed by atoms with van der Waals surface area (Å²) in [6.45, 7) is 11.5. The summed E-state index contributed by atoms with van der Waals surface area (Å²) in [5, 5.41) is 0. The fourth-order valence-corrected chi connectivity index (χ4v) is 7.12. The van der Waals surface area contributed by atoms with E-state index >= 15 is 0 Å². The van der Waals surface area contributed by atoms with Gasteiger partial charge in [-0.2, -0.15) is 0 Å². The van der Waals surface area contributed by atoms with E-state index in [2.05, 4.69) is 79.8 Å². The molecule has 0 bridgehead atoms. The summed E-state index contributed by atoms with van der Waals surface area (Å²) in [7, 11) is 0. The number of hydrogen-bond donors (Lipinski definition) is 1. The van der Waals surface area contributed by atoms with E-state index in [-0.39, 0.29) is 21.5 Å². The van der Waals surface area contributed by atoms with Crippen molar-refractivity contribution in [3.05, 3.63) is 11.3 Å². The fraction of sp³-hybridized carbons (Fsp3) is 0.833. The summed E-state index contributed by atoms with van der Waals surface area (Å²) >= 11 is 5.01. The molecular weight excluding hydrogens is 553 g/mol. The van der Waals surface area contributed by atoms with E-state index in [9.17, 15) is 0 Å². The van der Waals surface area contributed by atoms with Crippen molar-refractivity contribution >= 4 is 45.5 Å². The molecule has 1 atom stereocenters. The molecule has 0 aromatic carbocycles. The van der Waals surface area contributed by atoms with Gasteiger partial charge >= 0.3 is 147 Å². The summed E-state index contributed by atoms with van der Waals surface area (Å²) in [6.07, 6.45) is 2.40. The third kappa shape index (κ3) is 7.76. The Kier molecular flexibility index (Phi) is 12.7. The van der Waals surface area contributed by atoms with Crippen molar-refractivity contribution in [2.75, 3.05) is 17.5 Å². The second-order valence-electron chi connectivity index (χ2n) is 3.90. The molecule has 0 aromatic heterocycles. The van der Waals surface area contributed by atoms with E-state index < -0.39 is 0 Å². The zero-order valence-corrected chi connectivity index (χ0v) is 17.7. The summed E-state index contributed by atoms with van der Waals surface area (Å²) in [5.41, 5.74) is 3.12. The zero-order valence-electron chi connectivity index (χ0n) is 11.2. The SMILES string of the molecule is CCCN[I-][C@H](C)/C(=C(\C)CC)N(I)CCI. The maximum absolute atomic E-state index is 3.64. The van der Waals surface area contributed by atoms with Gasteiger partial charge in [0.25, 0.3) is 0 Å². The van der Waals surface area contributed by atoms with Crippen molar-refractivity contribution in [3.8, 4) is 0 Å². The van der Waals surface area contributed by atoms with Gasteiger partial charge in [0.1, 0.15) is 0 Å². The first kappa shape index (κ1) is 18.7. The van der Waals surface area contributed by atoms with Crippen LogP contribution >= 0.6 is 45.5 Å². The quantitative estimate of drug-likeness (QED) is 0.192. The first-order chi connectivity index (χ1) is 8.08. The molecule has 1 N–H and O–H groups in total. The van der Waals surface area contributed by atoms with Gasteiger partial charge in [0.2, 0.25) is 0 Å². The van der Waals surface area contributed by atoms with Gasteiger partial charge in [-0.1, -0.05) is 0 Å². The maximum atomic E-state index is 3.64. The molecule has 0 rings (SSSR count). The predicted molar refractivity (Wildman–Crippen MR) is 90.4 cm³/mol. The molecular formula is C12H24I3N2-. The molecule has 0 heterocycles. The number of allylic oxidation sites excluding steroid dienone is 2. The van der Waals surface area contributed by atoms with Crippen LogP contribution in [0.3, 0.4) is 0 Å². The van der Waals surface area contributed by atoms with Crippen molar-refractivity contribution in [3.63, 3.8) is 0 Å². The average Bonchev–Trinajstić information content (AvgIpc) is 2.29. The Morgan fingerprint density at radius 2 is 2.06 bits per heavy atom. The van der Waals surface area contributed by atoms with E-state index in [0.717, 1.165) is 13.0 Å². The first-order valence-electron chi connectivity index (χ1n) is 6.12. The zero-order chi connectivity index (χ0) is 13.3. The molecule has 0 fully saturated rings. The van der Waals surface area contributed by atoms with Crippen molar-refractivity contribution < 1.29 is 21.5 Å². The second-order valence-corrected chi connectivity index (χ2v) is 9.40. The minimum atomic E-state index is 0.0740. The summed E-state index contributed by atoms with van der Waals surface area (Å²) in [6, 6.07) is 0. The molecule has 0 aliphatic heterocycles. The van der Waals surface area contributed by atoms with Crippen LogP contribution in [0.2, 0.25) is 0 Å². The number of alkyl halides is 2. The number of halogens is 3. The second kappa shape index (κ2) is 11.5. The van der Waals surface area contributed by atoms with Crippen molar-refractivity contribution in [2.45, 2.75) is 44.5 Å². The van der Waals surface area contributed by atoms with E-state index in [0.29, 0.717) is 3.92 Å². The van der Waals surface area contributed by atoms with E-state index in [1.165, 1.54) is 17.4 Å². The molecule has 0 radical (unpaired) electrons. The van der Waals surface area contributed by atoms with Crippen LogP contribution in [0.25, 0.3) is 0 Å². The molecule has 0 spiro atoms. The van der Waals surface area contributed by atoms with Crippen LogP contribution in [0.5, 0.6) is 0 Å². The predicted octanol–water partition coefficient (Wildman–Crippen LogP) is 1.15. The van der Waals surface area contributed by atoms with Gasteiger partial charge in [-0.25, -0.2) is 0 Å². The van der Waals surface area contributed by atoms with Crippen molar-refractivity contribution in [1.82, 2.24) is 6.64 Å². The average molecular weight is 577 g/mol. The molecule has 0 saturated carbocycles. The van der Waals surface area contributed by atoms with Crippen LogP contribution in [0.4, 0.5) is 0 Å². The number of nitrogens with zero attached hydrogens (tertiary/aromatic N) is 1. The molecule has 0 aliphatic carbocycles. The Balaban J connectivity index is 4.57. The summed E-state index contributed by atoms with van der Waals surface area (Å²) in [4.78, 5) is 0. The van der Waals surface area contributed by atoms with Gasteiger partial charge in [-0.15, -0.1) is 0 Å². The molecule has 0 amide bonds. The van der Waals surface area contributed by atoms with Crippen molar-refractivity contribution in [2.24, 2.45) is 0 Å². The molecule has 17 heavy (non-hydrogen) atoms. The number of hydrogen-bond acceptors (Lipinski definition) is 2. The topological polar surface area (TPSA) is 15.3 Å². The molecule has 5 heteroatoms. The molecule has 0 unspecified atom stereocenters. The number of nitrogens with one attached hydrogen (secondary N) is 1. The van der Waals surface area contributed by atoms with Crippen LogP contribution in [0.15, 0.2) is 11.3 Å². The standard InChI is InChI=1S/C12H24I3N2/c1-5-8-16-15-11(4)12(10(3)6-2)17(14)9-7-13/h11,16H,5-9H2,1-4H3/q-1/b12-10-/t11-/m1/s1. The van der Waals surface area contributed by atoms with E-state index in [4.69, 9.17) is 0 Å². The van der Waals surface area contributed by atoms with Crippen LogP contribution in [-0.2, 0) is 0 Å². The van der Waals surface area contributed by atoms with Gasteiger partial charge in [0, 0.05) is 0 Å². The first-order valence-corrected chi connectivity index (χ1v) is 10.9. The monoisotopic (exact) mass is 577 g/mol. The molecule has 104 valence electrons. The van der Waals surface area contributed by atoms with Crippen LogP contribution in [0.1, 0.15) is 40.5 Å². The molecule has 0 saturated heterocycles. The van der Waals surface area contributed by atoms with Gasteiger partial charge in [-0.3, -0.25) is 0 Å². The van der Waals surface area contributed by atoms with Gasteiger partial charge < -0.3 is 0 Å². The Morgan fingerprint density at radius 1 is 1.41 bits per heavy atom. The summed E-state index contributed by atoms with van der Waals surface area (Å²) < 4.78 is 7.96.